The summed E-state index contributed by atoms with van der Waals surface area (Å²) < 4.78 is 11.3. The molecule has 3 aliphatic rings. The number of hydrogen-bond acceptors (Lipinski definition) is 9. The van der Waals surface area contributed by atoms with Crippen molar-refractivity contribution >= 4 is 17.8 Å². The number of amides is 1. The highest BCUT2D eigenvalue weighted by molar-refractivity contribution is 5.79. The van der Waals surface area contributed by atoms with E-state index in [1.807, 2.05) is 4.90 Å². The maximum Gasteiger partial charge on any atom is 0.302 e. The van der Waals surface area contributed by atoms with Crippen LogP contribution in [0.2, 0.25) is 0 Å². The number of nitrogens with one attached hydrogen (secondary N) is 1. The van der Waals surface area contributed by atoms with Crippen molar-refractivity contribution in [1.29, 1.82) is 0 Å². The lowest BCUT2D eigenvalue weighted by Gasteiger charge is -2.41. The summed E-state index contributed by atoms with van der Waals surface area (Å²) in [6, 6.07) is 0. The van der Waals surface area contributed by atoms with Crippen molar-refractivity contribution in [3.05, 3.63) is 0 Å². The number of hydrogen-bond donors (Lipinski definition) is 6. The molecule has 3 fully saturated rings. The molecule has 0 spiro atoms. The van der Waals surface area contributed by atoms with Gasteiger partial charge in [-0.05, 0) is 81.6 Å². The quantitative estimate of drug-likeness (QED) is 0.0558. The van der Waals surface area contributed by atoms with Crippen LogP contribution in [0.4, 0.5) is 0 Å². The van der Waals surface area contributed by atoms with Crippen LogP contribution in [0, 0.1) is 23.2 Å². The van der Waals surface area contributed by atoms with Crippen molar-refractivity contribution in [2.45, 2.75) is 134 Å². The van der Waals surface area contributed by atoms with Gasteiger partial charge in [-0.15, -0.1) is 0 Å². The lowest BCUT2D eigenvalue weighted by Crippen LogP contribution is -2.47. The third-order valence-corrected chi connectivity index (χ3v) is 10.3. The standard InChI is InChI=1S/C33H62N6O6/c1-4-5-6-7-26(41)17-27(45-22(2)40)9-8-23-14-25(31(43)28(15-23)44-3)20-39-21-33(19-30(39)42,11-13-38-32(35)36)18-24-10-12-37-29(34)16-24/h23-29,31,37,41,43H,4-21,34H2,1-3H3,(H4,35,36,38)/t23?,24?,25?,26-,27+,28?,29?,31?,33-/m0/s1. The Bertz CT molecular complexity index is 951. The van der Waals surface area contributed by atoms with Gasteiger partial charge in [-0.3, -0.25) is 14.6 Å². The summed E-state index contributed by atoms with van der Waals surface area (Å²) in [4.78, 5) is 31.6. The summed E-state index contributed by atoms with van der Waals surface area (Å²) in [5, 5.41) is 25.2. The summed E-state index contributed by atoms with van der Waals surface area (Å²) in [5.74, 6) is 0.345. The minimum atomic E-state index is -0.678. The van der Waals surface area contributed by atoms with E-state index in [-0.39, 0.29) is 53.5 Å². The first-order valence-electron chi connectivity index (χ1n) is 17.3. The van der Waals surface area contributed by atoms with Gasteiger partial charge in [0.05, 0.1) is 24.5 Å². The zero-order chi connectivity index (χ0) is 33.0. The Morgan fingerprint density at radius 2 is 1.98 bits per heavy atom. The van der Waals surface area contributed by atoms with Gasteiger partial charge in [-0.2, -0.15) is 0 Å². The lowest BCUT2D eigenvalue weighted by atomic mass is 9.73. The number of likely N-dealkylation sites (tertiary alicyclic amines) is 1. The molecular weight excluding hydrogens is 576 g/mol. The zero-order valence-corrected chi connectivity index (χ0v) is 28.0. The molecule has 6 unspecified atom stereocenters. The molecule has 1 saturated carbocycles. The first-order valence-corrected chi connectivity index (χ1v) is 17.3. The maximum absolute atomic E-state index is 13.5. The van der Waals surface area contributed by atoms with E-state index in [9.17, 15) is 19.8 Å². The number of nitrogens with zero attached hydrogens (tertiary/aromatic N) is 2. The van der Waals surface area contributed by atoms with Crippen LogP contribution in [-0.4, -0.2) is 96.8 Å². The maximum atomic E-state index is 13.5. The van der Waals surface area contributed by atoms with Crippen molar-refractivity contribution in [3.63, 3.8) is 0 Å². The number of esters is 1. The van der Waals surface area contributed by atoms with Gasteiger partial charge in [-0.1, -0.05) is 26.2 Å². The molecule has 9 N–H and O–H groups in total. The number of carbonyl (C=O) groups is 2. The Labute approximate surface area is 270 Å². The van der Waals surface area contributed by atoms with E-state index in [1.54, 1.807) is 7.11 Å². The van der Waals surface area contributed by atoms with Gasteiger partial charge in [0, 0.05) is 52.4 Å². The van der Waals surface area contributed by atoms with Gasteiger partial charge in [0.25, 0.3) is 0 Å². The molecule has 12 heteroatoms. The van der Waals surface area contributed by atoms with E-state index in [1.165, 1.54) is 6.92 Å². The van der Waals surface area contributed by atoms with E-state index >= 15 is 0 Å². The van der Waals surface area contributed by atoms with Crippen molar-refractivity contribution in [2.24, 2.45) is 45.4 Å². The Kier molecular flexibility index (Phi) is 15.3. The first kappa shape index (κ1) is 37.5. The van der Waals surface area contributed by atoms with E-state index in [0.29, 0.717) is 64.1 Å². The van der Waals surface area contributed by atoms with Crippen molar-refractivity contribution < 1.29 is 29.3 Å². The van der Waals surface area contributed by atoms with Crippen LogP contribution in [0.3, 0.4) is 0 Å². The molecule has 3 rings (SSSR count). The number of aliphatic imine (C=N–C) groups is 1. The zero-order valence-electron chi connectivity index (χ0n) is 28.0. The number of unbranched alkanes of at least 4 members (excludes halogenated alkanes) is 2. The fourth-order valence-electron chi connectivity index (χ4n) is 8.11. The molecule has 0 bridgehead atoms. The number of nitrogens with two attached hydrogens (primary N) is 3. The SMILES string of the molecule is CCCCC[C@H](O)C[C@@H](CCC1CC(CN2C[C@@](CCN=C(N)N)(CC3CCNC(N)C3)CC2=O)C(O)C(OC)C1)OC(C)=O. The van der Waals surface area contributed by atoms with E-state index in [4.69, 9.17) is 26.7 Å². The van der Waals surface area contributed by atoms with Crippen molar-refractivity contribution in [2.75, 3.05) is 33.3 Å². The Morgan fingerprint density at radius 3 is 2.64 bits per heavy atom. The average molecular weight is 639 g/mol. The largest absolute Gasteiger partial charge is 0.462 e. The minimum absolute atomic E-state index is 0.0308. The molecule has 2 saturated heterocycles. The monoisotopic (exact) mass is 638 g/mol. The number of piperidine rings is 1. The van der Waals surface area contributed by atoms with Crippen molar-refractivity contribution in [3.8, 4) is 0 Å². The molecular formula is C33H62N6O6. The molecule has 9 atom stereocenters. The number of carbonyl (C=O) groups excluding carboxylic acids is 2. The van der Waals surface area contributed by atoms with Gasteiger partial charge >= 0.3 is 5.97 Å². The fraction of sp³-hybridized carbons (Fsp3) is 0.909. The Morgan fingerprint density at radius 1 is 1.20 bits per heavy atom. The summed E-state index contributed by atoms with van der Waals surface area (Å²) >= 11 is 0. The third kappa shape index (κ3) is 12.3. The molecule has 0 aromatic rings. The predicted octanol–water partition coefficient (Wildman–Crippen LogP) is 1.99. The Hall–Kier alpha value is -1.99. The predicted molar refractivity (Wildman–Crippen MR) is 175 cm³/mol. The van der Waals surface area contributed by atoms with E-state index in [0.717, 1.165) is 57.9 Å². The molecule has 2 heterocycles. The molecule has 1 amide bonds. The number of aliphatic hydroxyl groups is 2. The molecule has 0 radical (unpaired) electrons. The summed E-state index contributed by atoms with van der Waals surface area (Å²) in [6.45, 7) is 5.96. The molecule has 0 aromatic heterocycles. The van der Waals surface area contributed by atoms with Crippen LogP contribution < -0.4 is 22.5 Å². The number of methoxy groups -OCH3 is 1. The molecule has 260 valence electrons. The van der Waals surface area contributed by atoms with Gasteiger partial charge in [-0.25, -0.2) is 0 Å². The van der Waals surface area contributed by atoms with Gasteiger partial charge in [0.2, 0.25) is 5.91 Å². The first-order chi connectivity index (χ1) is 21.4. The second kappa shape index (κ2) is 18.4. The van der Waals surface area contributed by atoms with E-state index in [2.05, 4.69) is 17.2 Å². The van der Waals surface area contributed by atoms with Gasteiger partial charge in [0.1, 0.15) is 6.10 Å². The smallest absolute Gasteiger partial charge is 0.302 e. The molecule has 0 aromatic carbocycles. The van der Waals surface area contributed by atoms with Crippen LogP contribution >= 0.6 is 0 Å². The van der Waals surface area contributed by atoms with Crippen LogP contribution in [0.25, 0.3) is 0 Å². The molecule has 1 aliphatic carbocycles. The number of rotatable bonds is 18. The Balaban J connectivity index is 1.65. The number of aliphatic hydroxyl groups excluding tert-OH is 2. The fourth-order valence-corrected chi connectivity index (χ4v) is 8.11. The number of ether oxygens (including phenoxy) is 2. The highest BCUT2D eigenvalue weighted by Crippen LogP contribution is 2.44. The highest BCUT2D eigenvalue weighted by atomic mass is 16.5. The minimum Gasteiger partial charge on any atom is -0.462 e. The van der Waals surface area contributed by atoms with Crippen LogP contribution in [0.1, 0.15) is 104 Å². The second-order valence-corrected chi connectivity index (χ2v) is 14.2. The molecule has 45 heavy (non-hydrogen) atoms. The van der Waals surface area contributed by atoms with Crippen LogP contribution in [0.5, 0.6) is 0 Å². The van der Waals surface area contributed by atoms with Gasteiger partial charge in [0.15, 0.2) is 5.96 Å². The van der Waals surface area contributed by atoms with Gasteiger partial charge < -0.3 is 47.1 Å². The number of guanidine groups is 1. The second-order valence-electron chi connectivity index (χ2n) is 14.2. The summed E-state index contributed by atoms with van der Waals surface area (Å²) in [6.07, 6.45) is 9.19. The normalized spacial score (nSPS) is 31.9. The third-order valence-electron chi connectivity index (χ3n) is 10.3. The van der Waals surface area contributed by atoms with Crippen molar-refractivity contribution in [1.82, 2.24) is 10.2 Å². The summed E-state index contributed by atoms with van der Waals surface area (Å²) in [7, 11) is 1.63. The topological polar surface area (TPSA) is 199 Å². The molecule has 12 nitrogen and oxygen atoms in total. The van der Waals surface area contributed by atoms with E-state index < -0.39 is 12.2 Å². The average Bonchev–Trinajstić information content (AvgIpc) is 3.26. The lowest BCUT2D eigenvalue weighted by molar-refractivity contribution is -0.148. The van der Waals surface area contributed by atoms with Crippen LogP contribution in [-0.2, 0) is 19.1 Å². The summed E-state index contributed by atoms with van der Waals surface area (Å²) in [5.41, 5.74) is 17.2. The molecule has 2 aliphatic heterocycles. The highest BCUT2D eigenvalue weighted by Gasteiger charge is 2.46. The van der Waals surface area contributed by atoms with Crippen LogP contribution in [0.15, 0.2) is 4.99 Å².